The minimum absolute atomic E-state index is 0.459. The van der Waals surface area contributed by atoms with Crippen LogP contribution in [0, 0.1) is 5.92 Å². The van der Waals surface area contributed by atoms with Crippen LogP contribution in [0.25, 0.3) is 0 Å². The smallest absolute Gasteiger partial charge is 0.403 e. The molecular formula is C9H17ClO2. The molecule has 0 aromatic heterocycles. The van der Waals surface area contributed by atoms with E-state index < -0.39 is 5.43 Å². The van der Waals surface area contributed by atoms with E-state index in [1.807, 2.05) is 0 Å². The molecule has 0 saturated carbocycles. The lowest BCUT2D eigenvalue weighted by Crippen LogP contribution is -1.96. The molecule has 0 atom stereocenters. The lowest BCUT2D eigenvalue weighted by molar-refractivity contribution is 0.170. The molecule has 0 spiro atoms. The Morgan fingerprint density at radius 1 is 1.33 bits per heavy atom. The zero-order valence-electron chi connectivity index (χ0n) is 7.81. The Labute approximate surface area is 79.2 Å². The SMILES string of the molecule is CC(C)CCCCCOC(=O)Cl. The number of hydrogen-bond donors (Lipinski definition) is 0. The summed E-state index contributed by atoms with van der Waals surface area (Å²) in [7, 11) is 0. The first kappa shape index (κ1) is 11.8. The maximum Gasteiger partial charge on any atom is 0.403 e. The van der Waals surface area contributed by atoms with Gasteiger partial charge in [-0.15, -0.1) is 0 Å². The Balaban J connectivity index is 2.96. The third kappa shape index (κ3) is 9.76. The zero-order chi connectivity index (χ0) is 9.40. The van der Waals surface area contributed by atoms with Crippen LogP contribution in [0.2, 0.25) is 0 Å². The highest BCUT2D eigenvalue weighted by molar-refractivity contribution is 6.61. The molecule has 12 heavy (non-hydrogen) atoms. The molecule has 0 aromatic rings. The van der Waals surface area contributed by atoms with Crippen molar-refractivity contribution in [1.29, 1.82) is 0 Å². The van der Waals surface area contributed by atoms with Gasteiger partial charge in [0, 0.05) is 11.6 Å². The standard InChI is InChI=1S/C9H17ClO2/c1-8(2)6-4-3-5-7-12-9(10)11/h8H,3-7H2,1-2H3. The van der Waals surface area contributed by atoms with Crippen molar-refractivity contribution in [3.05, 3.63) is 0 Å². The molecule has 3 heteroatoms. The predicted octanol–water partition coefficient (Wildman–Crippen LogP) is 3.58. The highest BCUT2D eigenvalue weighted by atomic mass is 35.5. The zero-order valence-corrected chi connectivity index (χ0v) is 8.56. The molecule has 0 N–H and O–H groups in total. The van der Waals surface area contributed by atoms with E-state index in [1.54, 1.807) is 0 Å². The minimum atomic E-state index is -0.696. The maximum atomic E-state index is 10.1. The number of hydrogen-bond acceptors (Lipinski definition) is 2. The number of carbonyl (C=O) groups excluding carboxylic acids is 1. The summed E-state index contributed by atoms with van der Waals surface area (Å²) in [6.07, 6.45) is 4.49. The second-order valence-electron chi connectivity index (χ2n) is 3.33. The fourth-order valence-corrected chi connectivity index (χ4v) is 1.06. The van der Waals surface area contributed by atoms with E-state index in [0.29, 0.717) is 6.61 Å². The second kappa shape index (κ2) is 7.41. The number of carbonyl (C=O) groups is 1. The highest BCUT2D eigenvalue weighted by Gasteiger charge is 1.96. The van der Waals surface area contributed by atoms with Crippen molar-refractivity contribution in [2.24, 2.45) is 5.92 Å². The summed E-state index contributed by atoms with van der Waals surface area (Å²) in [5, 5.41) is 0. The molecule has 0 heterocycles. The molecule has 0 fully saturated rings. The van der Waals surface area contributed by atoms with Crippen LogP contribution in [0.15, 0.2) is 0 Å². The summed E-state index contributed by atoms with van der Waals surface area (Å²) in [5.41, 5.74) is -0.696. The van der Waals surface area contributed by atoms with Crippen LogP contribution in [0.3, 0.4) is 0 Å². The van der Waals surface area contributed by atoms with Crippen molar-refractivity contribution in [1.82, 2.24) is 0 Å². The van der Waals surface area contributed by atoms with Crippen molar-refractivity contribution in [2.75, 3.05) is 6.61 Å². The summed E-state index contributed by atoms with van der Waals surface area (Å²) in [4.78, 5) is 10.1. The molecule has 0 rings (SSSR count). The van der Waals surface area contributed by atoms with E-state index >= 15 is 0 Å². The third-order valence-electron chi connectivity index (χ3n) is 1.64. The predicted molar refractivity (Wildman–Crippen MR) is 50.5 cm³/mol. The average Bonchev–Trinajstić information content (AvgIpc) is 1.95. The van der Waals surface area contributed by atoms with Gasteiger partial charge >= 0.3 is 5.43 Å². The molecule has 0 bridgehead atoms. The monoisotopic (exact) mass is 192 g/mol. The molecule has 0 unspecified atom stereocenters. The van der Waals surface area contributed by atoms with Gasteiger partial charge in [-0.1, -0.05) is 33.1 Å². The van der Waals surface area contributed by atoms with Crippen LogP contribution < -0.4 is 0 Å². The molecule has 0 aliphatic carbocycles. The van der Waals surface area contributed by atoms with Crippen molar-refractivity contribution in [3.8, 4) is 0 Å². The van der Waals surface area contributed by atoms with Crippen LogP contribution in [0.1, 0.15) is 39.5 Å². The van der Waals surface area contributed by atoms with Crippen LogP contribution in [-0.2, 0) is 4.74 Å². The van der Waals surface area contributed by atoms with Crippen molar-refractivity contribution in [2.45, 2.75) is 39.5 Å². The maximum absolute atomic E-state index is 10.1. The molecule has 0 aliphatic rings. The van der Waals surface area contributed by atoms with E-state index in [9.17, 15) is 4.79 Å². The largest absolute Gasteiger partial charge is 0.454 e. The first-order chi connectivity index (χ1) is 5.63. The number of ether oxygens (including phenoxy) is 1. The van der Waals surface area contributed by atoms with E-state index in [2.05, 4.69) is 18.6 Å². The first-order valence-electron chi connectivity index (χ1n) is 4.45. The highest BCUT2D eigenvalue weighted by Crippen LogP contribution is 2.08. The molecule has 0 radical (unpaired) electrons. The Morgan fingerprint density at radius 2 is 2.00 bits per heavy atom. The second-order valence-corrected chi connectivity index (χ2v) is 3.64. The van der Waals surface area contributed by atoms with Gasteiger partial charge in [-0.25, -0.2) is 4.79 Å². The number of rotatable bonds is 6. The third-order valence-corrected chi connectivity index (χ3v) is 1.75. The molecule has 2 nitrogen and oxygen atoms in total. The Kier molecular flexibility index (Phi) is 7.26. The van der Waals surface area contributed by atoms with Gasteiger partial charge in [0.2, 0.25) is 0 Å². The van der Waals surface area contributed by atoms with Gasteiger partial charge in [0.15, 0.2) is 0 Å². The van der Waals surface area contributed by atoms with Gasteiger partial charge in [0.1, 0.15) is 0 Å². The quantitative estimate of drug-likeness (QED) is 0.475. The number of halogens is 1. The minimum Gasteiger partial charge on any atom is -0.454 e. The molecule has 0 amide bonds. The van der Waals surface area contributed by atoms with Crippen molar-refractivity contribution in [3.63, 3.8) is 0 Å². The summed E-state index contributed by atoms with van der Waals surface area (Å²) in [6, 6.07) is 0. The molecule has 0 saturated heterocycles. The average molecular weight is 193 g/mol. The molecular weight excluding hydrogens is 176 g/mol. The van der Waals surface area contributed by atoms with Crippen LogP contribution >= 0.6 is 11.6 Å². The fourth-order valence-electron chi connectivity index (χ4n) is 0.984. The molecule has 0 aliphatic heterocycles. The van der Waals surface area contributed by atoms with E-state index in [1.165, 1.54) is 12.8 Å². The summed E-state index contributed by atoms with van der Waals surface area (Å²) >= 11 is 4.98. The van der Waals surface area contributed by atoms with Crippen molar-refractivity contribution < 1.29 is 9.53 Å². The Hall–Kier alpha value is -0.240. The molecule has 72 valence electrons. The van der Waals surface area contributed by atoms with Crippen LogP contribution in [-0.4, -0.2) is 12.0 Å². The van der Waals surface area contributed by atoms with Gasteiger partial charge in [0.25, 0.3) is 0 Å². The van der Waals surface area contributed by atoms with E-state index in [0.717, 1.165) is 18.8 Å². The van der Waals surface area contributed by atoms with Crippen LogP contribution in [0.5, 0.6) is 0 Å². The lowest BCUT2D eigenvalue weighted by Gasteiger charge is -2.03. The summed E-state index contributed by atoms with van der Waals surface area (Å²) < 4.78 is 4.58. The van der Waals surface area contributed by atoms with Crippen molar-refractivity contribution >= 4 is 17.0 Å². The van der Waals surface area contributed by atoms with E-state index in [-0.39, 0.29) is 0 Å². The fraction of sp³-hybridized carbons (Fsp3) is 0.889. The first-order valence-corrected chi connectivity index (χ1v) is 4.83. The topological polar surface area (TPSA) is 26.3 Å². The van der Waals surface area contributed by atoms with Gasteiger partial charge < -0.3 is 4.74 Å². The Morgan fingerprint density at radius 3 is 2.50 bits per heavy atom. The van der Waals surface area contributed by atoms with Gasteiger partial charge in [-0.3, -0.25) is 0 Å². The van der Waals surface area contributed by atoms with Gasteiger partial charge in [0.05, 0.1) is 6.61 Å². The Bertz CT molecular complexity index is 124. The number of unbranched alkanes of at least 4 members (excludes halogenated alkanes) is 2. The summed E-state index contributed by atoms with van der Waals surface area (Å²) in [6.45, 7) is 4.87. The lowest BCUT2D eigenvalue weighted by atomic mass is 10.1. The molecule has 0 aromatic carbocycles. The van der Waals surface area contributed by atoms with Crippen LogP contribution in [0.4, 0.5) is 4.79 Å². The van der Waals surface area contributed by atoms with Gasteiger partial charge in [-0.2, -0.15) is 0 Å². The normalized spacial score (nSPS) is 10.3. The van der Waals surface area contributed by atoms with Gasteiger partial charge in [-0.05, 0) is 12.3 Å². The summed E-state index contributed by atoms with van der Waals surface area (Å²) in [5.74, 6) is 0.764. The van der Waals surface area contributed by atoms with E-state index in [4.69, 9.17) is 11.6 Å².